The zero-order valence-electron chi connectivity index (χ0n) is 12.0. The van der Waals surface area contributed by atoms with Crippen molar-refractivity contribution >= 4 is 27.5 Å². The molecule has 0 spiro atoms. The van der Waals surface area contributed by atoms with Crippen LogP contribution in [0, 0.1) is 0 Å². The van der Waals surface area contributed by atoms with Gasteiger partial charge in [-0.1, -0.05) is 30.3 Å². The SMILES string of the molecule is NS(=O)(=O)c1ccc(N2C(=O)CC(c3ccccc3)C2=O)cc1. The van der Waals surface area contributed by atoms with E-state index < -0.39 is 15.9 Å². The van der Waals surface area contributed by atoms with Crippen LogP contribution in [0.2, 0.25) is 0 Å². The van der Waals surface area contributed by atoms with E-state index in [9.17, 15) is 18.0 Å². The number of carbonyl (C=O) groups is 2. The molecule has 1 aliphatic rings. The van der Waals surface area contributed by atoms with Crippen molar-refractivity contribution in [3.63, 3.8) is 0 Å². The highest BCUT2D eigenvalue weighted by atomic mass is 32.2. The number of hydrogen-bond donors (Lipinski definition) is 1. The van der Waals surface area contributed by atoms with Gasteiger partial charge in [-0.05, 0) is 29.8 Å². The van der Waals surface area contributed by atoms with Crippen molar-refractivity contribution in [1.82, 2.24) is 0 Å². The molecule has 0 radical (unpaired) electrons. The molecule has 0 aliphatic carbocycles. The summed E-state index contributed by atoms with van der Waals surface area (Å²) >= 11 is 0. The fraction of sp³-hybridized carbons (Fsp3) is 0.125. The predicted octanol–water partition coefficient (Wildman–Crippen LogP) is 1.38. The quantitative estimate of drug-likeness (QED) is 0.860. The monoisotopic (exact) mass is 330 g/mol. The number of carbonyl (C=O) groups excluding carboxylic acids is 2. The molecule has 118 valence electrons. The number of benzene rings is 2. The molecule has 2 amide bonds. The number of amides is 2. The topological polar surface area (TPSA) is 97.5 Å². The Labute approximate surface area is 133 Å². The highest BCUT2D eigenvalue weighted by molar-refractivity contribution is 7.89. The molecular formula is C16H14N2O4S. The van der Waals surface area contributed by atoms with Crippen LogP contribution in [-0.2, 0) is 19.6 Å². The van der Waals surface area contributed by atoms with Crippen LogP contribution in [-0.4, -0.2) is 20.2 Å². The molecule has 0 bridgehead atoms. The average molecular weight is 330 g/mol. The number of nitrogens with two attached hydrogens (primary N) is 1. The average Bonchev–Trinajstić information content (AvgIpc) is 2.82. The van der Waals surface area contributed by atoms with E-state index in [2.05, 4.69) is 0 Å². The number of imide groups is 1. The molecule has 7 heteroatoms. The maximum atomic E-state index is 12.6. The Morgan fingerprint density at radius 1 is 0.957 bits per heavy atom. The van der Waals surface area contributed by atoms with Gasteiger partial charge in [0.15, 0.2) is 0 Å². The molecule has 3 rings (SSSR count). The van der Waals surface area contributed by atoms with E-state index in [4.69, 9.17) is 5.14 Å². The van der Waals surface area contributed by atoms with Gasteiger partial charge in [-0.2, -0.15) is 0 Å². The second kappa shape index (κ2) is 5.60. The molecule has 1 atom stereocenters. The van der Waals surface area contributed by atoms with Crippen molar-refractivity contribution in [2.75, 3.05) is 4.90 Å². The van der Waals surface area contributed by atoms with Crippen LogP contribution in [0.25, 0.3) is 0 Å². The summed E-state index contributed by atoms with van der Waals surface area (Å²) in [6.07, 6.45) is 0.0970. The number of hydrogen-bond acceptors (Lipinski definition) is 4. The molecule has 1 aliphatic heterocycles. The van der Waals surface area contributed by atoms with Crippen molar-refractivity contribution in [2.45, 2.75) is 17.2 Å². The number of rotatable bonds is 3. The van der Waals surface area contributed by atoms with Crippen molar-refractivity contribution in [1.29, 1.82) is 0 Å². The summed E-state index contributed by atoms with van der Waals surface area (Å²) in [5, 5.41) is 5.04. The Bertz CT molecular complexity index is 861. The van der Waals surface area contributed by atoms with Gasteiger partial charge in [-0.25, -0.2) is 13.6 Å². The summed E-state index contributed by atoms with van der Waals surface area (Å²) in [6, 6.07) is 14.5. The van der Waals surface area contributed by atoms with Crippen LogP contribution in [0.15, 0.2) is 59.5 Å². The molecule has 6 nitrogen and oxygen atoms in total. The molecule has 2 aromatic carbocycles. The van der Waals surface area contributed by atoms with Gasteiger partial charge in [-0.3, -0.25) is 14.5 Å². The van der Waals surface area contributed by atoms with Gasteiger partial charge in [0.25, 0.3) is 0 Å². The third kappa shape index (κ3) is 2.88. The molecule has 0 saturated carbocycles. The van der Waals surface area contributed by atoms with Crippen molar-refractivity contribution in [3.8, 4) is 0 Å². The maximum absolute atomic E-state index is 12.6. The lowest BCUT2D eigenvalue weighted by Crippen LogP contribution is -2.30. The van der Waals surface area contributed by atoms with Gasteiger partial charge in [-0.15, -0.1) is 0 Å². The minimum Gasteiger partial charge on any atom is -0.274 e. The van der Waals surface area contributed by atoms with Gasteiger partial charge >= 0.3 is 0 Å². The zero-order chi connectivity index (χ0) is 16.6. The van der Waals surface area contributed by atoms with Crippen LogP contribution in [0.5, 0.6) is 0 Å². The van der Waals surface area contributed by atoms with E-state index in [1.807, 2.05) is 30.3 Å². The van der Waals surface area contributed by atoms with E-state index in [-0.39, 0.29) is 23.1 Å². The molecule has 0 aromatic heterocycles. The Kier molecular flexibility index (Phi) is 3.75. The fourth-order valence-corrected chi connectivity index (χ4v) is 3.15. The molecule has 1 saturated heterocycles. The molecule has 2 aromatic rings. The third-order valence-electron chi connectivity index (χ3n) is 3.77. The summed E-state index contributed by atoms with van der Waals surface area (Å²) in [5.74, 6) is -1.14. The van der Waals surface area contributed by atoms with Crippen molar-refractivity contribution in [2.24, 2.45) is 5.14 Å². The number of anilines is 1. The summed E-state index contributed by atoms with van der Waals surface area (Å²) in [7, 11) is -3.81. The van der Waals surface area contributed by atoms with Crippen molar-refractivity contribution < 1.29 is 18.0 Å². The summed E-state index contributed by atoms with van der Waals surface area (Å²) in [5.41, 5.74) is 1.13. The predicted molar refractivity (Wildman–Crippen MR) is 84.1 cm³/mol. The Morgan fingerprint density at radius 2 is 1.57 bits per heavy atom. The van der Waals surface area contributed by atoms with Crippen LogP contribution in [0.1, 0.15) is 17.9 Å². The smallest absolute Gasteiger partial charge is 0.241 e. The van der Waals surface area contributed by atoms with E-state index in [1.165, 1.54) is 24.3 Å². The Morgan fingerprint density at radius 3 is 2.13 bits per heavy atom. The second-order valence-corrected chi connectivity index (χ2v) is 6.84. The lowest BCUT2D eigenvalue weighted by molar-refractivity contribution is -0.121. The van der Waals surface area contributed by atoms with Gasteiger partial charge in [0.1, 0.15) is 0 Å². The first-order valence-corrected chi connectivity index (χ1v) is 8.47. The fourth-order valence-electron chi connectivity index (χ4n) is 2.63. The first-order valence-electron chi connectivity index (χ1n) is 6.92. The third-order valence-corrected chi connectivity index (χ3v) is 4.70. The van der Waals surface area contributed by atoms with E-state index >= 15 is 0 Å². The summed E-state index contributed by atoms with van der Waals surface area (Å²) < 4.78 is 22.5. The molecule has 23 heavy (non-hydrogen) atoms. The Balaban J connectivity index is 1.92. The highest BCUT2D eigenvalue weighted by Gasteiger charge is 2.40. The largest absolute Gasteiger partial charge is 0.274 e. The first kappa shape index (κ1) is 15.4. The minimum atomic E-state index is -3.81. The van der Waals surface area contributed by atoms with Crippen molar-refractivity contribution in [3.05, 3.63) is 60.2 Å². The molecule has 1 heterocycles. The van der Waals surface area contributed by atoms with E-state index in [1.54, 1.807) is 0 Å². The Hall–Kier alpha value is -2.51. The number of primary sulfonamides is 1. The van der Waals surface area contributed by atoms with Gasteiger partial charge in [0.2, 0.25) is 21.8 Å². The van der Waals surface area contributed by atoms with Gasteiger partial charge in [0, 0.05) is 6.42 Å². The van der Waals surface area contributed by atoms with E-state index in [0.717, 1.165) is 10.5 Å². The molecular weight excluding hydrogens is 316 g/mol. The molecule has 1 unspecified atom stereocenters. The van der Waals surface area contributed by atoms with Gasteiger partial charge < -0.3 is 0 Å². The summed E-state index contributed by atoms with van der Waals surface area (Å²) in [4.78, 5) is 25.8. The van der Waals surface area contributed by atoms with E-state index in [0.29, 0.717) is 5.69 Å². The van der Waals surface area contributed by atoms with Crippen LogP contribution in [0.4, 0.5) is 5.69 Å². The standard InChI is InChI=1S/C16H14N2O4S/c17-23(21,22)13-8-6-12(7-9-13)18-15(19)10-14(16(18)20)11-4-2-1-3-5-11/h1-9,14H,10H2,(H2,17,21,22). The maximum Gasteiger partial charge on any atom is 0.241 e. The lowest BCUT2D eigenvalue weighted by Gasteiger charge is -2.15. The normalized spacial score (nSPS) is 18.5. The molecule has 1 fully saturated rings. The number of sulfonamides is 1. The van der Waals surface area contributed by atoms with Gasteiger partial charge in [0.05, 0.1) is 16.5 Å². The summed E-state index contributed by atoms with van der Waals surface area (Å²) in [6.45, 7) is 0. The molecule has 2 N–H and O–H groups in total. The minimum absolute atomic E-state index is 0.0695. The first-order chi connectivity index (χ1) is 10.9. The highest BCUT2D eigenvalue weighted by Crippen LogP contribution is 2.33. The van der Waals surface area contributed by atoms with Crippen LogP contribution >= 0.6 is 0 Å². The van der Waals surface area contributed by atoms with Crippen LogP contribution < -0.4 is 10.0 Å². The second-order valence-electron chi connectivity index (χ2n) is 5.27. The zero-order valence-corrected chi connectivity index (χ0v) is 12.9. The van der Waals surface area contributed by atoms with Crippen LogP contribution in [0.3, 0.4) is 0 Å². The number of nitrogens with zero attached hydrogens (tertiary/aromatic N) is 1. The lowest BCUT2D eigenvalue weighted by atomic mass is 9.98.